The molecule has 0 aromatic carbocycles. The molecule has 0 spiro atoms. The van der Waals surface area contributed by atoms with Crippen LogP contribution in [0.3, 0.4) is 0 Å². The molecule has 8 heteroatoms. The van der Waals surface area contributed by atoms with Crippen molar-refractivity contribution >= 4 is 5.69 Å². The van der Waals surface area contributed by atoms with Crippen molar-refractivity contribution in [3.05, 3.63) is 12.4 Å². The molecule has 4 aliphatic rings. The molecule has 5 rings (SSSR count). The zero-order chi connectivity index (χ0) is 14.9. The van der Waals surface area contributed by atoms with Crippen molar-refractivity contribution in [2.24, 2.45) is 5.73 Å². The predicted octanol–water partition coefficient (Wildman–Crippen LogP) is 1.59. The summed E-state index contributed by atoms with van der Waals surface area (Å²) in [5, 5.41) is 4.38. The average molecular weight is 302 g/mol. The van der Waals surface area contributed by atoms with Crippen LogP contribution in [-0.4, -0.2) is 40.9 Å². The monoisotopic (exact) mass is 302 g/mol. The van der Waals surface area contributed by atoms with Gasteiger partial charge in [-0.2, -0.15) is 5.10 Å². The molecule has 1 saturated heterocycles. The van der Waals surface area contributed by atoms with Crippen molar-refractivity contribution in [2.45, 2.75) is 49.2 Å². The second-order valence-corrected chi connectivity index (χ2v) is 6.68. The smallest absolute Gasteiger partial charge is 0.366 e. The molecule has 3 aliphatic carbocycles. The summed E-state index contributed by atoms with van der Waals surface area (Å²) in [6, 6.07) is 0. The molecular weight excluding hydrogens is 285 g/mol. The van der Waals surface area contributed by atoms with E-state index in [2.05, 4.69) is 9.84 Å². The van der Waals surface area contributed by atoms with Gasteiger partial charge in [0, 0.05) is 24.8 Å². The highest BCUT2D eigenvalue weighted by Gasteiger charge is 2.67. The number of nitrogens with zero attached hydrogens (tertiary/aromatic N) is 3. The van der Waals surface area contributed by atoms with Gasteiger partial charge in [0.1, 0.15) is 0 Å². The first kappa shape index (κ1) is 13.4. The summed E-state index contributed by atoms with van der Waals surface area (Å²) >= 11 is 0. The molecule has 2 heterocycles. The number of ether oxygens (including phenoxy) is 1. The van der Waals surface area contributed by atoms with E-state index < -0.39 is 12.5 Å². The van der Waals surface area contributed by atoms with Crippen LogP contribution in [0.1, 0.15) is 25.7 Å². The summed E-state index contributed by atoms with van der Waals surface area (Å²) in [6.45, 7) is 0.805. The number of hydrogen-bond donors (Lipinski definition) is 1. The Balaban J connectivity index is 1.41. The van der Waals surface area contributed by atoms with Gasteiger partial charge in [0.2, 0.25) is 0 Å². The van der Waals surface area contributed by atoms with Gasteiger partial charge in [-0.05, 0) is 25.7 Å². The lowest BCUT2D eigenvalue weighted by Crippen LogP contribution is -2.76. The van der Waals surface area contributed by atoms with Crippen LogP contribution in [0.15, 0.2) is 12.4 Å². The van der Waals surface area contributed by atoms with Gasteiger partial charge in [0.15, 0.2) is 0 Å². The minimum absolute atomic E-state index is 0.00536. The summed E-state index contributed by atoms with van der Waals surface area (Å²) in [7, 11) is 0. The van der Waals surface area contributed by atoms with E-state index in [1.165, 1.54) is 0 Å². The van der Waals surface area contributed by atoms with E-state index in [0.717, 1.165) is 24.9 Å². The van der Waals surface area contributed by atoms with E-state index in [1.54, 1.807) is 6.20 Å². The summed E-state index contributed by atoms with van der Waals surface area (Å²) in [4.78, 5) is 1.89. The molecule has 2 N–H and O–H groups in total. The van der Waals surface area contributed by atoms with Crippen molar-refractivity contribution in [2.75, 3.05) is 18.0 Å². The van der Waals surface area contributed by atoms with Crippen LogP contribution in [0.25, 0.3) is 0 Å². The zero-order valence-electron chi connectivity index (χ0n) is 11.4. The second-order valence-electron chi connectivity index (χ2n) is 6.68. The van der Waals surface area contributed by atoms with Crippen LogP contribution in [0.4, 0.5) is 18.9 Å². The Morgan fingerprint density at radius 1 is 1.33 bits per heavy atom. The first-order chi connectivity index (χ1) is 9.77. The number of nitrogens with two attached hydrogens (primary N) is 1. The number of hydrogen-bond acceptors (Lipinski definition) is 4. The molecular formula is C13H17F3N4O. The van der Waals surface area contributed by atoms with Gasteiger partial charge < -0.3 is 10.6 Å². The fourth-order valence-electron chi connectivity index (χ4n) is 4.04. The number of anilines is 1. The van der Waals surface area contributed by atoms with E-state index in [9.17, 15) is 13.2 Å². The Morgan fingerprint density at radius 3 is 2.67 bits per heavy atom. The maximum atomic E-state index is 12.2. The Hall–Kier alpha value is -1.28. The molecule has 1 atom stereocenters. The van der Waals surface area contributed by atoms with Crippen LogP contribution < -0.4 is 10.6 Å². The highest BCUT2D eigenvalue weighted by Crippen LogP contribution is 2.63. The molecule has 2 bridgehead atoms. The molecule has 1 aliphatic heterocycles. The molecule has 0 unspecified atom stereocenters. The van der Waals surface area contributed by atoms with E-state index in [-0.39, 0.29) is 17.6 Å². The van der Waals surface area contributed by atoms with Crippen LogP contribution in [-0.2, 0) is 10.3 Å². The molecule has 116 valence electrons. The van der Waals surface area contributed by atoms with Gasteiger partial charge in [-0.1, -0.05) is 0 Å². The topological polar surface area (TPSA) is 56.3 Å². The predicted molar refractivity (Wildman–Crippen MR) is 68.7 cm³/mol. The minimum atomic E-state index is -4.56. The molecule has 1 aromatic heterocycles. The van der Waals surface area contributed by atoms with Crippen molar-refractivity contribution in [3.8, 4) is 0 Å². The quantitative estimate of drug-likeness (QED) is 0.921. The Kier molecular flexibility index (Phi) is 2.50. The number of alkyl halides is 3. The normalized spacial score (nSPS) is 38.3. The average Bonchev–Trinajstić information content (AvgIpc) is 2.89. The van der Waals surface area contributed by atoms with E-state index >= 15 is 0 Å². The van der Waals surface area contributed by atoms with Gasteiger partial charge in [-0.25, -0.2) is 0 Å². The third-order valence-corrected chi connectivity index (χ3v) is 4.91. The molecule has 21 heavy (non-hydrogen) atoms. The van der Waals surface area contributed by atoms with Gasteiger partial charge in [0.25, 0.3) is 0 Å². The van der Waals surface area contributed by atoms with Crippen LogP contribution in [0, 0.1) is 0 Å². The van der Waals surface area contributed by atoms with Crippen molar-refractivity contribution in [1.82, 2.24) is 9.78 Å². The maximum Gasteiger partial charge on any atom is 0.522 e. The number of aromatic nitrogens is 2. The molecule has 5 nitrogen and oxygen atoms in total. The van der Waals surface area contributed by atoms with Crippen LogP contribution in [0.5, 0.6) is 0 Å². The first-order valence-electron chi connectivity index (χ1n) is 7.11. The minimum Gasteiger partial charge on any atom is -0.366 e. The number of rotatable bonds is 3. The van der Waals surface area contributed by atoms with Crippen molar-refractivity contribution in [1.29, 1.82) is 0 Å². The first-order valence-corrected chi connectivity index (χ1v) is 7.11. The summed E-state index contributed by atoms with van der Waals surface area (Å²) in [6.07, 6.45) is 1.50. The summed E-state index contributed by atoms with van der Waals surface area (Å²) < 4.78 is 42.7. The summed E-state index contributed by atoms with van der Waals surface area (Å²) in [5.41, 5.74) is 6.97. The Bertz CT molecular complexity index is 550. The lowest BCUT2D eigenvalue weighted by Gasteiger charge is -2.68. The van der Waals surface area contributed by atoms with Gasteiger partial charge in [0.05, 0.1) is 23.5 Å². The van der Waals surface area contributed by atoms with Crippen molar-refractivity contribution in [3.63, 3.8) is 0 Å². The lowest BCUT2D eigenvalue weighted by molar-refractivity contribution is -0.339. The van der Waals surface area contributed by atoms with Gasteiger partial charge in [-0.15, -0.1) is 13.2 Å². The van der Waals surface area contributed by atoms with Crippen LogP contribution in [0.2, 0.25) is 0 Å². The molecule has 3 saturated carbocycles. The van der Waals surface area contributed by atoms with E-state index in [0.29, 0.717) is 13.0 Å². The van der Waals surface area contributed by atoms with Crippen LogP contribution >= 0.6 is 0 Å². The standard InChI is InChI=1S/C13H17F3N4O/c14-13(15,16)21-10-1-2-19(5-10)9-3-18-20(4-9)12-6-11(17,7-12)8-12/h3-4,10H,1-2,5-8,17H2/t10-,11?,12?/m0/s1. The fourth-order valence-corrected chi connectivity index (χ4v) is 4.04. The van der Waals surface area contributed by atoms with Crippen molar-refractivity contribution < 1.29 is 17.9 Å². The lowest BCUT2D eigenvalue weighted by atomic mass is 9.45. The molecule has 4 fully saturated rings. The van der Waals surface area contributed by atoms with Gasteiger partial charge in [-0.3, -0.25) is 9.42 Å². The SMILES string of the molecule is NC12CC(n3cc(N4CC[C@H](OC(F)(F)F)C4)cn3)(C1)C2. The van der Waals surface area contributed by atoms with E-state index in [4.69, 9.17) is 5.73 Å². The third-order valence-electron chi connectivity index (χ3n) is 4.91. The molecule has 0 radical (unpaired) electrons. The summed E-state index contributed by atoms with van der Waals surface area (Å²) in [5.74, 6) is 0. The zero-order valence-corrected chi connectivity index (χ0v) is 11.4. The maximum absolute atomic E-state index is 12.2. The van der Waals surface area contributed by atoms with Gasteiger partial charge >= 0.3 is 6.36 Å². The Labute approximate surface area is 119 Å². The highest BCUT2D eigenvalue weighted by molar-refractivity contribution is 5.44. The second kappa shape index (κ2) is 3.92. The third kappa shape index (κ3) is 2.12. The number of halogens is 3. The van der Waals surface area contributed by atoms with E-state index in [1.807, 2.05) is 15.8 Å². The highest BCUT2D eigenvalue weighted by atomic mass is 19.4. The Morgan fingerprint density at radius 2 is 2.05 bits per heavy atom. The fraction of sp³-hybridized carbons (Fsp3) is 0.769. The molecule has 1 aromatic rings. The molecule has 0 amide bonds. The largest absolute Gasteiger partial charge is 0.522 e.